The Hall–Kier alpha value is -1.13. The average Bonchev–Trinajstić information content (AvgIpc) is 2.82. The maximum absolute atomic E-state index is 12.8. The summed E-state index contributed by atoms with van der Waals surface area (Å²) in [6.07, 6.45) is 2.26. The zero-order valence-electron chi connectivity index (χ0n) is 13.0. The van der Waals surface area contributed by atoms with Crippen LogP contribution < -0.4 is 11.3 Å². The van der Waals surface area contributed by atoms with Gasteiger partial charge in [0.15, 0.2) is 0 Å². The van der Waals surface area contributed by atoms with E-state index in [1.165, 1.54) is 0 Å². The summed E-state index contributed by atoms with van der Waals surface area (Å²) in [4.78, 5) is 12.8. The van der Waals surface area contributed by atoms with E-state index in [1.54, 1.807) is 0 Å². The highest BCUT2D eigenvalue weighted by Gasteiger charge is 2.24. The van der Waals surface area contributed by atoms with Crippen LogP contribution in [0.1, 0.15) is 57.7 Å². The van der Waals surface area contributed by atoms with Crippen LogP contribution in [-0.2, 0) is 16.8 Å². The van der Waals surface area contributed by atoms with Gasteiger partial charge in [0.25, 0.3) is 5.56 Å². The Kier molecular flexibility index (Phi) is 4.35. The van der Waals surface area contributed by atoms with Crippen LogP contribution in [0.3, 0.4) is 0 Å². The van der Waals surface area contributed by atoms with Crippen molar-refractivity contribution in [1.29, 1.82) is 0 Å². The highest BCUT2D eigenvalue weighted by molar-refractivity contribution is 5.24. The fourth-order valence-electron chi connectivity index (χ4n) is 2.77. The number of rotatable bonds is 4. The molecule has 1 aliphatic heterocycles. The summed E-state index contributed by atoms with van der Waals surface area (Å²) in [5.41, 5.74) is 7.24. The predicted molar refractivity (Wildman–Crippen MR) is 81.0 cm³/mol. The quantitative estimate of drug-likeness (QED) is 0.919. The van der Waals surface area contributed by atoms with Crippen LogP contribution in [0.4, 0.5) is 0 Å². The van der Waals surface area contributed by atoms with Gasteiger partial charge in [-0.1, -0.05) is 13.8 Å². The van der Waals surface area contributed by atoms with Gasteiger partial charge >= 0.3 is 0 Å². The highest BCUT2D eigenvalue weighted by Crippen LogP contribution is 2.20. The van der Waals surface area contributed by atoms with Crippen LogP contribution in [0.5, 0.6) is 0 Å². The third-order valence-electron chi connectivity index (χ3n) is 3.90. The van der Waals surface area contributed by atoms with Crippen molar-refractivity contribution in [3.8, 4) is 0 Å². The lowest BCUT2D eigenvalue weighted by Crippen LogP contribution is -2.40. The molecule has 20 heavy (non-hydrogen) atoms. The lowest BCUT2D eigenvalue weighted by Gasteiger charge is -2.24. The van der Waals surface area contributed by atoms with E-state index in [0.717, 1.165) is 25.1 Å². The zero-order valence-corrected chi connectivity index (χ0v) is 13.0. The Morgan fingerprint density at radius 1 is 1.45 bits per heavy atom. The first-order valence-electron chi connectivity index (χ1n) is 7.45. The second-order valence-corrected chi connectivity index (χ2v) is 6.60. The predicted octanol–water partition coefficient (Wildman–Crippen LogP) is 2.34. The highest BCUT2D eigenvalue weighted by atomic mass is 16.5. The molecule has 1 aromatic heterocycles. The minimum absolute atomic E-state index is 0.0270. The molecule has 2 rings (SSSR count). The molecule has 1 atom stereocenters. The number of hydrogen-bond acceptors (Lipinski definition) is 3. The molecule has 112 valence electrons. The molecule has 2 N–H and O–H groups in total. The molecule has 0 bridgehead atoms. The monoisotopic (exact) mass is 278 g/mol. The minimum Gasteiger partial charge on any atom is -0.376 e. The molecule has 1 unspecified atom stereocenters. The van der Waals surface area contributed by atoms with Gasteiger partial charge < -0.3 is 15.0 Å². The van der Waals surface area contributed by atoms with Gasteiger partial charge in [-0.15, -0.1) is 0 Å². The molecule has 0 spiro atoms. The number of nitrogens with zero attached hydrogens (tertiary/aromatic N) is 1. The molecule has 4 nitrogen and oxygen atoms in total. The van der Waals surface area contributed by atoms with Crippen molar-refractivity contribution in [3.05, 3.63) is 33.7 Å². The number of hydrogen-bond donors (Lipinski definition) is 1. The van der Waals surface area contributed by atoms with Crippen LogP contribution in [0.15, 0.2) is 16.9 Å². The third-order valence-corrected chi connectivity index (χ3v) is 3.90. The molecule has 1 aliphatic rings. The first-order valence-corrected chi connectivity index (χ1v) is 7.45. The maximum Gasteiger partial charge on any atom is 0.255 e. The van der Waals surface area contributed by atoms with Gasteiger partial charge in [-0.3, -0.25) is 4.79 Å². The lowest BCUT2D eigenvalue weighted by molar-refractivity contribution is 0.0951. The summed E-state index contributed by atoms with van der Waals surface area (Å²) in [5.74, 6) is 0.305. The van der Waals surface area contributed by atoms with E-state index in [9.17, 15) is 4.79 Å². The van der Waals surface area contributed by atoms with Crippen LogP contribution >= 0.6 is 0 Å². The van der Waals surface area contributed by atoms with Crippen molar-refractivity contribution in [2.75, 3.05) is 6.61 Å². The molecule has 1 aromatic rings. The minimum atomic E-state index is -0.620. The van der Waals surface area contributed by atoms with Gasteiger partial charge in [0.2, 0.25) is 0 Å². The summed E-state index contributed by atoms with van der Waals surface area (Å²) in [6.45, 7) is 9.39. The average molecular weight is 278 g/mol. The molecule has 1 saturated heterocycles. The first-order chi connectivity index (χ1) is 9.30. The fourth-order valence-corrected chi connectivity index (χ4v) is 2.77. The standard InChI is InChI=1S/C16H26N2O2/c1-11(2)14-8-7-13(16(3,4)17)15(19)18(14)10-12-6-5-9-20-12/h7-8,11-12H,5-6,9-10,17H2,1-4H3. The number of nitrogens with two attached hydrogens (primary N) is 1. The van der Waals surface area contributed by atoms with Crippen molar-refractivity contribution in [1.82, 2.24) is 4.57 Å². The van der Waals surface area contributed by atoms with Crippen LogP contribution in [-0.4, -0.2) is 17.3 Å². The first kappa shape index (κ1) is 15.3. The smallest absolute Gasteiger partial charge is 0.255 e. The van der Waals surface area contributed by atoms with Gasteiger partial charge in [0, 0.05) is 23.4 Å². The molecule has 0 saturated carbocycles. The van der Waals surface area contributed by atoms with Gasteiger partial charge in [-0.2, -0.15) is 0 Å². The van der Waals surface area contributed by atoms with Gasteiger partial charge in [-0.05, 0) is 44.7 Å². The van der Waals surface area contributed by atoms with E-state index in [4.69, 9.17) is 10.5 Å². The number of pyridine rings is 1. The molecule has 0 aliphatic carbocycles. The van der Waals surface area contributed by atoms with Gasteiger partial charge in [0.05, 0.1) is 12.6 Å². The van der Waals surface area contributed by atoms with Crippen molar-refractivity contribution in [3.63, 3.8) is 0 Å². The summed E-state index contributed by atoms with van der Waals surface area (Å²) >= 11 is 0. The molecule has 2 heterocycles. The van der Waals surface area contributed by atoms with E-state index in [0.29, 0.717) is 18.0 Å². The molecule has 0 amide bonds. The Morgan fingerprint density at radius 2 is 2.15 bits per heavy atom. The Morgan fingerprint density at radius 3 is 2.65 bits per heavy atom. The second kappa shape index (κ2) is 5.70. The number of aromatic nitrogens is 1. The summed E-state index contributed by atoms with van der Waals surface area (Å²) in [6, 6.07) is 3.91. The van der Waals surface area contributed by atoms with E-state index < -0.39 is 5.54 Å². The molecular weight excluding hydrogens is 252 g/mol. The second-order valence-electron chi connectivity index (χ2n) is 6.60. The van der Waals surface area contributed by atoms with Crippen molar-refractivity contribution in [2.24, 2.45) is 5.73 Å². The third kappa shape index (κ3) is 3.13. The fraction of sp³-hybridized carbons (Fsp3) is 0.688. The molecule has 4 heteroatoms. The van der Waals surface area contributed by atoms with Crippen LogP contribution in [0, 0.1) is 0 Å². The van der Waals surface area contributed by atoms with Crippen LogP contribution in [0.2, 0.25) is 0 Å². The van der Waals surface area contributed by atoms with Crippen molar-refractivity contribution < 1.29 is 4.74 Å². The topological polar surface area (TPSA) is 57.2 Å². The van der Waals surface area contributed by atoms with E-state index in [-0.39, 0.29) is 11.7 Å². The summed E-state index contributed by atoms with van der Waals surface area (Å²) < 4.78 is 7.55. The van der Waals surface area contributed by atoms with Gasteiger partial charge in [0.1, 0.15) is 0 Å². The molecule has 1 fully saturated rings. The summed E-state index contributed by atoms with van der Waals surface area (Å²) in [7, 11) is 0. The lowest BCUT2D eigenvalue weighted by atomic mass is 9.95. The maximum atomic E-state index is 12.8. The normalized spacial score (nSPS) is 19.8. The molecular formula is C16H26N2O2. The van der Waals surface area contributed by atoms with Crippen molar-refractivity contribution >= 4 is 0 Å². The van der Waals surface area contributed by atoms with Crippen molar-refractivity contribution in [2.45, 2.75) is 64.6 Å². The largest absolute Gasteiger partial charge is 0.376 e. The summed E-state index contributed by atoms with van der Waals surface area (Å²) in [5, 5.41) is 0. The Labute approximate surface area is 120 Å². The van der Waals surface area contributed by atoms with Crippen LogP contribution in [0.25, 0.3) is 0 Å². The number of ether oxygens (including phenoxy) is 1. The molecule has 0 aromatic carbocycles. The zero-order chi connectivity index (χ0) is 14.9. The van der Waals surface area contributed by atoms with E-state index in [2.05, 4.69) is 13.8 Å². The molecule has 0 radical (unpaired) electrons. The Bertz CT molecular complexity index is 520. The van der Waals surface area contributed by atoms with Gasteiger partial charge in [-0.25, -0.2) is 0 Å². The SMILES string of the molecule is CC(C)c1ccc(C(C)(C)N)c(=O)n1CC1CCCO1. The van der Waals surface area contributed by atoms with E-state index >= 15 is 0 Å². The Balaban J connectivity index is 2.46. The van der Waals surface area contributed by atoms with E-state index in [1.807, 2.05) is 30.5 Å².